The van der Waals surface area contributed by atoms with E-state index in [1.807, 2.05) is 21.0 Å². The number of carboxylic acids is 1. The quantitative estimate of drug-likeness (QED) is 0.701. The van der Waals surface area contributed by atoms with Gasteiger partial charge < -0.3 is 20.2 Å². The summed E-state index contributed by atoms with van der Waals surface area (Å²) in [5, 5.41) is 12.4. The summed E-state index contributed by atoms with van der Waals surface area (Å²) in [4.78, 5) is 27.4. The molecule has 0 spiro atoms. The van der Waals surface area contributed by atoms with Crippen molar-refractivity contribution in [3.8, 4) is 0 Å². The van der Waals surface area contributed by atoms with E-state index in [-0.39, 0.29) is 6.03 Å². The zero-order valence-corrected chi connectivity index (χ0v) is 13.5. The first-order chi connectivity index (χ1) is 9.91. The minimum Gasteiger partial charge on any atom is -0.481 e. The van der Waals surface area contributed by atoms with Gasteiger partial charge in [-0.3, -0.25) is 4.79 Å². The second-order valence-electron chi connectivity index (χ2n) is 6.21. The minimum absolute atomic E-state index is 0.0655. The Bertz CT molecular complexity index is 350. The van der Waals surface area contributed by atoms with Gasteiger partial charge in [0, 0.05) is 19.6 Å². The summed E-state index contributed by atoms with van der Waals surface area (Å²) in [6.45, 7) is 4.68. The van der Waals surface area contributed by atoms with Gasteiger partial charge >= 0.3 is 12.0 Å². The van der Waals surface area contributed by atoms with Gasteiger partial charge in [-0.15, -0.1) is 0 Å². The number of rotatable bonds is 7. The molecule has 2 N–H and O–H groups in total. The minimum atomic E-state index is -0.713. The number of hydrogen-bond acceptors (Lipinski definition) is 3. The van der Waals surface area contributed by atoms with Gasteiger partial charge in [0.2, 0.25) is 0 Å². The highest BCUT2D eigenvalue weighted by Crippen LogP contribution is 2.36. The average Bonchev–Trinajstić information content (AvgIpc) is 2.44. The Hall–Kier alpha value is -1.30. The third-order valence-corrected chi connectivity index (χ3v) is 4.25. The summed E-state index contributed by atoms with van der Waals surface area (Å²) in [5.74, 6) is -0.713. The van der Waals surface area contributed by atoms with Gasteiger partial charge in [-0.2, -0.15) is 0 Å². The van der Waals surface area contributed by atoms with E-state index in [0.717, 1.165) is 19.4 Å². The SMILES string of the molecule is CCCC1(C(=O)O)CCN(C(=O)NCCCN(C)C)CC1. The molecule has 0 radical (unpaired) electrons. The maximum atomic E-state index is 12.0. The van der Waals surface area contributed by atoms with Crippen LogP contribution < -0.4 is 5.32 Å². The standard InChI is InChI=1S/C15H29N3O3/c1-4-6-15(13(19)20)7-11-18(12-8-15)14(21)16-9-5-10-17(2)3/h4-12H2,1-3H3,(H,16,21)(H,19,20). The predicted molar refractivity (Wildman–Crippen MR) is 82.4 cm³/mol. The van der Waals surface area contributed by atoms with Crippen molar-refractivity contribution in [2.45, 2.75) is 39.0 Å². The normalized spacial score (nSPS) is 17.8. The lowest BCUT2D eigenvalue weighted by Crippen LogP contribution is -2.49. The van der Waals surface area contributed by atoms with Crippen LogP contribution in [0.15, 0.2) is 0 Å². The Kier molecular flexibility index (Phi) is 6.95. The number of urea groups is 1. The van der Waals surface area contributed by atoms with Gasteiger partial charge in [0.05, 0.1) is 5.41 Å². The van der Waals surface area contributed by atoms with E-state index in [2.05, 4.69) is 10.2 Å². The molecule has 0 atom stereocenters. The first-order valence-electron chi connectivity index (χ1n) is 7.82. The van der Waals surface area contributed by atoms with E-state index in [9.17, 15) is 14.7 Å². The molecule has 0 aromatic rings. The van der Waals surface area contributed by atoms with Crippen LogP contribution in [0.3, 0.4) is 0 Å². The van der Waals surface area contributed by atoms with Crippen LogP contribution in [-0.4, -0.2) is 67.2 Å². The van der Waals surface area contributed by atoms with Gasteiger partial charge in [-0.1, -0.05) is 13.3 Å². The molecule has 0 aliphatic carbocycles. The zero-order valence-electron chi connectivity index (χ0n) is 13.5. The molecule has 0 saturated carbocycles. The molecule has 0 unspecified atom stereocenters. The fourth-order valence-electron chi connectivity index (χ4n) is 2.89. The molecule has 1 heterocycles. The fraction of sp³-hybridized carbons (Fsp3) is 0.867. The molecule has 6 nitrogen and oxygen atoms in total. The summed E-state index contributed by atoms with van der Waals surface area (Å²) in [6.07, 6.45) is 3.59. The van der Waals surface area contributed by atoms with Crippen molar-refractivity contribution in [3.63, 3.8) is 0 Å². The maximum absolute atomic E-state index is 12.0. The molecule has 2 amide bonds. The summed E-state index contributed by atoms with van der Waals surface area (Å²) < 4.78 is 0. The van der Waals surface area contributed by atoms with E-state index < -0.39 is 11.4 Å². The molecule has 1 aliphatic heterocycles. The van der Waals surface area contributed by atoms with Crippen LogP contribution in [0, 0.1) is 5.41 Å². The second-order valence-corrected chi connectivity index (χ2v) is 6.21. The second kappa shape index (κ2) is 8.22. The van der Waals surface area contributed by atoms with Crippen LogP contribution in [0.4, 0.5) is 4.79 Å². The Balaban J connectivity index is 2.37. The molecule has 21 heavy (non-hydrogen) atoms. The highest BCUT2D eigenvalue weighted by molar-refractivity contribution is 5.77. The van der Waals surface area contributed by atoms with Gasteiger partial charge in [0.25, 0.3) is 0 Å². The highest BCUT2D eigenvalue weighted by atomic mass is 16.4. The summed E-state index contributed by atoms with van der Waals surface area (Å²) in [6, 6.07) is -0.0655. The highest BCUT2D eigenvalue weighted by Gasteiger charge is 2.41. The van der Waals surface area contributed by atoms with E-state index >= 15 is 0 Å². The van der Waals surface area contributed by atoms with Crippen molar-refractivity contribution in [1.29, 1.82) is 0 Å². The van der Waals surface area contributed by atoms with Crippen LogP contribution in [0.5, 0.6) is 0 Å². The lowest BCUT2D eigenvalue weighted by Gasteiger charge is -2.38. The molecular formula is C15H29N3O3. The summed E-state index contributed by atoms with van der Waals surface area (Å²) >= 11 is 0. The van der Waals surface area contributed by atoms with Crippen LogP contribution >= 0.6 is 0 Å². The third kappa shape index (κ3) is 5.19. The van der Waals surface area contributed by atoms with Crippen molar-refractivity contribution in [3.05, 3.63) is 0 Å². The number of nitrogens with one attached hydrogen (secondary N) is 1. The number of carboxylic acid groups (broad SMARTS) is 1. The fourth-order valence-corrected chi connectivity index (χ4v) is 2.89. The Morgan fingerprint density at radius 3 is 2.38 bits per heavy atom. The Morgan fingerprint density at radius 2 is 1.90 bits per heavy atom. The van der Waals surface area contributed by atoms with E-state index in [1.165, 1.54) is 0 Å². The largest absolute Gasteiger partial charge is 0.481 e. The number of aliphatic carboxylic acids is 1. The summed E-state index contributed by atoms with van der Waals surface area (Å²) in [5.41, 5.74) is -0.629. The van der Waals surface area contributed by atoms with Crippen LogP contribution in [0.2, 0.25) is 0 Å². The third-order valence-electron chi connectivity index (χ3n) is 4.25. The molecule has 0 aromatic heterocycles. The van der Waals surface area contributed by atoms with Crippen LogP contribution in [-0.2, 0) is 4.79 Å². The van der Waals surface area contributed by atoms with Crippen molar-refractivity contribution < 1.29 is 14.7 Å². The molecule has 6 heteroatoms. The maximum Gasteiger partial charge on any atom is 0.317 e. The lowest BCUT2D eigenvalue weighted by molar-refractivity contribution is -0.152. The first-order valence-corrected chi connectivity index (χ1v) is 7.82. The monoisotopic (exact) mass is 299 g/mol. The van der Waals surface area contributed by atoms with Gasteiger partial charge in [-0.05, 0) is 46.3 Å². The van der Waals surface area contributed by atoms with Crippen molar-refractivity contribution in [2.24, 2.45) is 5.41 Å². The molecular weight excluding hydrogens is 270 g/mol. The zero-order chi connectivity index (χ0) is 15.9. The molecule has 1 saturated heterocycles. The molecule has 1 aliphatic rings. The topological polar surface area (TPSA) is 72.9 Å². The lowest BCUT2D eigenvalue weighted by atomic mass is 9.75. The molecule has 1 fully saturated rings. The number of piperidine rings is 1. The Morgan fingerprint density at radius 1 is 1.29 bits per heavy atom. The summed E-state index contributed by atoms with van der Waals surface area (Å²) in [7, 11) is 4.01. The van der Waals surface area contributed by atoms with Crippen LogP contribution in [0.1, 0.15) is 39.0 Å². The van der Waals surface area contributed by atoms with Gasteiger partial charge in [-0.25, -0.2) is 4.79 Å². The number of carbonyl (C=O) groups is 2. The van der Waals surface area contributed by atoms with E-state index in [0.29, 0.717) is 38.9 Å². The van der Waals surface area contributed by atoms with Gasteiger partial charge in [0.15, 0.2) is 0 Å². The van der Waals surface area contributed by atoms with Crippen molar-refractivity contribution in [2.75, 3.05) is 40.3 Å². The number of nitrogens with zero attached hydrogens (tertiary/aromatic N) is 2. The van der Waals surface area contributed by atoms with E-state index in [1.54, 1.807) is 4.90 Å². The van der Waals surface area contributed by atoms with Crippen molar-refractivity contribution in [1.82, 2.24) is 15.1 Å². The van der Waals surface area contributed by atoms with E-state index in [4.69, 9.17) is 0 Å². The molecule has 122 valence electrons. The number of hydrogen-bond donors (Lipinski definition) is 2. The Labute approximate surface area is 127 Å². The molecule has 0 bridgehead atoms. The average molecular weight is 299 g/mol. The molecule has 1 rings (SSSR count). The number of carbonyl (C=O) groups excluding carboxylic acids is 1. The van der Waals surface area contributed by atoms with Crippen molar-refractivity contribution >= 4 is 12.0 Å². The van der Waals surface area contributed by atoms with Gasteiger partial charge in [0.1, 0.15) is 0 Å². The number of amides is 2. The first kappa shape index (κ1) is 17.8. The predicted octanol–water partition coefficient (Wildman–Crippen LogP) is 1.61. The molecule has 0 aromatic carbocycles. The van der Waals surface area contributed by atoms with Crippen LogP contribution in [0.25, 0.3) is 0 Å². The number of likely N-dealkylation sites (tertiary alicyclic amines) is 1. The smallest absolute Gasteiger partial charge is 0.317 e.